The van der Waals surface area contributed by atoms with Crippen LogP contribution in [0.2, 0.25) is 0 Å². The fraction of sp³-hybridized carbons (Fsp3) is 0.905. The Hall–Kier alpha value is -1.18. The molecular weight excluding hydrogens is 362 g/mol. The smallest absolute Gasteiger partial charge is 0.309 e. The number of carbonyl (C=O) groups excluding carboxylic acids is 1. The van der Waals surface area contributed by atoms with Gasteiger partial charge in [0.05, 0.1) is 25.0 Å². The predicted octanol–water partition coefficient (Wildman–Crippen LogP) is 2.41. The van der Waals surface area contributed by atoms with Crippen molar-refractivity contribution in [3.8, 4) is 0 Å². The van der Waals surface area contributed by atoms with E-state index in [2.05, 4.69) is 6.92 Å². The van der Waals surface area contributed by atoms with E-state index in [0.717, 1.165) is 12.8 Å². The van der Waals surface area contributed by atoms with Crippen LogP contribution < -0.4 is 0 Å². The molecule has 1 saturated carbocycles. The molecule has 1 aliphatic carbocycles. The Morgan fingerprint density at radius 2 is 1.71 bits per heavy atom. The quantitative estimate of drug-likeness (QED) is 0.432. The van der Waals surface area contributed by atoms with E-state index in [1.54, 1.807) is 14.0 Å². The summed E-state index contributed by atoms with van der Waals surface area (Å²) in [6, 6.07) is 0. The first kappa shape index (κ1) is 24.9. The lowest BCUT2D eigenvalue weighted by atomic mass is 9.75. The van der Waals surface area contributed by atoms with Crippen molar-refractivity contribution in [2.45, 2.75) is 52.4 Å². The van der Waals surface area contributed by atoms with Crippen LogP contribution >= 0.6 is 0 Å². The Labute approximate surface area is 169 Å². The van der Waals surface area contributed by atoms with Crippen LogP contribution in [0.5, 0.6) is 0 Å². The minimum Gasteiger partial charge on any atom is -0.481 e. The average molecular weight is 402 g/mol. The van der Waals surface area contributed by atoms with E-state index in [0.29, 0.717) is 44.5 Å². The summed E-state index contributed by atoms with van der Waals surface area (Å²) in [6.07, 6.45) is 6.55. The third kappa shape index (κ3) is 8.88. The Kier molecular flexibility index (Phi) is 12.3. The summed E-state index contributed by atoms with van der Waals surface area (Å²) in [4.78, 5) is 26.2. The Morgan fingerprint density at radius 3 is 2.29 bits per heavy atom. The van der Waals surface area contributed by atoms with Crippen molar-refractivity contribution in [1.29, 1.82) is 0 Å². The highest BCUT2D eigenvalue weighted by Crippen LogP contribution is 2.34. The van der Waals surface area contributed by atoms with Gasteiger partial charge in [-0.2, -0.15) is 0 Å². The largest absolute Gasteiger partial charge is 0.481 e. The molecule has 3 unspecified atom stereocenters. The maximum absolute atomic E-state index is 12.4. The lowest BCUT2D eigenvalue weighted by molar-refractivity contribution is -0.158. The Bertz CT molecular complexity index is 452. The van der Waals surface area contributed by atoms with Crippen molar-refractivity contribution in [2.24, 2.45) is 23.7 Å². The first-order chi connectivity index (χ1) is 13.4. The molecule has 0 aromatic carbocycles. The van der Waals surface area contributed by atoms with Crippen LogP contribution in [0.1, 0.15) is 52.4 Å². The molecule has 0 aromatic rings. The number of carboxylic acid groups (broad SMARTS) is 1. The second kappa shape index (κ2) is 13.9. The number of carboxylic acids is 1. The van der Waals surface area contributed by atoms with Gasteiger partial charge in [-0.25, -0.2) is 0 Å². The molecule has 0 aliphatic heterocycles. The fourth-order valence-corrected chi connectivity index (χ4v) is 4.08. The summed E-state index contributed by atoms with van der Waals surface area (Å²) in [6.45, 7) is 6.11. The number of aliphatic hydroxyl groups excluding tert-OH is 1. The van der Waals surface area contributed by atoms with Crippen molar-refractivity contribution in [2.75, 3.05) is 46.6 Å². The number of aliphatic carboxylic acids is 1. The molecule has 1 fully saturated rings. The molecule has 0 spiro atoms. The number of ether oxygens (including phenoxy) is 2. The average Bonchev–Trinajstić information content (AvgIpc) is 2.69. The molecule has 7 nitrogen and oxygen atoms in total. The lowest BCUT2D eigenvalue weighted by Gasteiger charge is -2.30. The summed E-state index contributed by atoms with van der Waals surface area (Å²) in [5.41, 5.74) is 0. The summed E-state index contributed by atoms with van der Waals surface area (Å²) in [5.74, 6) is -1.91. The van der Waals surface area contributed by atoms with E-state index in [-0.39, 0.29) is 13.2 Å². The van der Waals surface area contributed by atoms with Crippen molar-refractivity contribution >= 4 is 11.9 Å². The van der Waals surface area contributed by atoms with Gasteiger partial charge in [-0.05, 0) is 18.3 Å². The van der Waals surface area contributed by atoms with Crippen LogP contribution in [0.4, 0.5) is 0 Å². The summed E-state index contributed by atoms with van der Waals surface area (Å²) in [5, 5.41) is 18.8. The first-order valence-electron chi connectivity index (χ1n) is 10.6. The molecule has 0 saturated heterocycles. The molecule has 7 heteroatoms. The molecule has 0 bridgehead atoms. The van der Waals surface area contributed by atoms with Crippen LogP contribution in [0.15, 0.2) is 0 Å². The van der Waals surface area contributed by atoms with Gasteiger partial charge in [-0.15, -0.1) is 0 Å². The zero-order valence-electron chi connectivity index (χ0n) is 17.8. The number of carbonyl (C=O) groups is 2. The molecule has 0 heterocycles. The minimum atomic E-state index is -0.922. The van der Waals surface area contributed by atoms with Gasteiger partial charge in [0.1, 0.15) is 6.61 Å². The van der Waals surface area contributed by atoms with Gasteiger partial charge >= 0.3 is 11.9 Å². The third-order valence-corrected chi connectivity index (χ3v) is 6.05. The van der Waals surface area contributed by atoms with Crippen LogP contribution in [-0.2, 0) is 19.1 Å². The van der Waals surface area contributed by atoms with Gasteiger partial charge in [-0.3, -0.25) is 14.5 Å². The fourth-order valence-electron chi connectivity index (χ4n) is 4.08. The lowest BCUT2D eigenvalue weighted by Crippen LogP contribution is -2.36. The standard InChI is InChI=1S/C21H39NO6/c1-16(18-7-5-4-6-8-18)15-19(20(24)25)17(2)21(26)28-14-11-22(9-12-23)10-13-27-3/h16-19,23H,4-15H2,1-3H3,(H,24,25). The topological polar surface area (TPSA) is 96.3 Å². The van der Waals surface area contributed by atoms with E-state index in [1.807, 2.05) is 4.90 Å². The number of aliphatic hydroxyl groups is 1. The molecule has 1 rings (SSSR count). The molecular formula is C21H39NO6. The number of esters is 1. The van der Waals surface area contributed by atoms with Crippen LogP contribution in [-0.4, -0.2) is 73.6 Å². The summed E-state index contributed by atoms with van der Waals surface area (Å²) in [7, 11) is 1.61. The van der Waals surface area contributed by atoms with Crippen LogP contribution in [0.25, 0.3) is 0 Å². The third-order valence-electron chi connectivity index (χ3n) is 6.05. The van der Waals surface area contributed by atoms with Gasteiger partial charge < -0.3 is 19.7 Å². The van der Waals surface area contributed by atoms with Crippen LogP contribution in [0.3, 0.4) is 0 Å². The molecule has 0 amide bonds. The molecule has 164 valence electrons. The predicted molar refractivity (Wildman–Crippen MR) is 107 cm³/mol. The number of hydrogen-bond acceptors (Lipinski definition) is 6. The highest BCUT2D eigenvalue weighted by molar-refractivity contribution is 5.80. The van der Waals surface area contributed by atoms with Gasteiger partial charge in [0.15, 0.2) is 0 Å². The monoisotopic (exact) mass is 401 g/mol. The van der Waals surface area contributed by atoms with E-state index in [9.17, 15) is 14.7 Å². The van der Waals surface area contributed by atoms with Gasteiger partial charge in [0, 0.05) is 26.7 Å². The summed E-state index contributed by atoms with van der Waals surface area (Å²) < 4.78 is 10.4. The maximum atomic E-state index is 12.4. The van der Waals surface area contributed by atoms with E-state index in [1.165, 1.54) is 19.3 Å². The number of hydrogen-bond donors (Lipinski definition) is 2. The van der Waals surface area contributed by atoms with Crippen molar-refractivity contribution in [1.82, 2.24) is 4.90 Å². The van der Waals surface area contributed by atoms with E-state index >= 15 is 0 Å². The highest BCUT2D eigenvalue weighted by atomic mass is 16.5. The molecule has 0 radical (unpaired) electrons. The van der Waals surface area contributed by atoms with Crippen molar-refractivity contribution < 1.29 is 29.3 Å². The number of rotatable bonds is 14. The molecule has 0 aromatic heterocycles. The van der Waals surface area contributed by atoms with Gasteiger partial charge in [-0.1, -0.05) is 46.0 Å². The Balaban J connectivity index is 2.50. The van der Waals surface area contributed by atoms with Crippen LogP contribution in [0, 0.1) is 23.7 Å². The van der Waals surface area contributed by atoms with Gasteiger partial charge in [0.25, 0.3) is 0 Å². The summed E-state index contributed by atoms with van der Waals surface area (Å²) >= 11 is 0. The number of nitrogens with zero attached hydrogens (tertiary/aromatic N) is 1. The van der Waals surface area contributed by atoms with E-state index < -0.39 is 23.8 Å². The van der Waals surface area contributed by atoms with Crippen molar-refractivity contribution in [3.05, 3.63) is 0 Å². The highest BCUT2D eigenvalue weighted by Gasteiger charge is 2.34. The zero-order valence-corrected chi connectivity index (χ0v) is 17.8. The molecule has 3 atom stereocenters. The normalized spacial score (nSPS) is 18.6. The molecule has 2 N–H and O–H groups in total. The first-order valence-corrected chi connectivity index (χ1v) is 10.6. The second-order valence-corrected chi connectivity index (χ2v) is 8.07. The zero-order chi connectivity index (χ0) is 20.9. The van der Waals surface area contributed by atoms with Crippen molar-refractivity contribution in [3.63, 3.8) is 0 Å². The molecule has 28 heavy (non-hydrogen) atoms. The maximum Gasteiger partial charge on any atom is 0.309 e. The molecule has 1 aliphatic rings. The van der Waals surface area contributed by atoms with Gasteiger partial charge in [0.2, 0.25) is 0 Å². The van der Waals surface area contributed by atoms with E-state index in [4.69, 9.17) is 14.6 Å². The number of methoxy groups -OCH3 is 1. The minimum absolute atomic E-state index is 0.0220. The SMILES string of the molecule is COCCN(CCO)CCOC(=O)C(C)C(CC(C)C1CCCCC1)C(=O)O. The Morgan fingerprint density at radius 1 is 1.07 bits per heavy atom. The second-order valence-electron chi connectivity index (χ2n) is 8.07.